The van der Waals surface area contributed by atoms with Crippen molar-refractivity contribution in [3.63, 3.8) is 0 Å². The molecule has 0 aliphatic heterocycles. The number of rotatable bonds is 0. The monoisotopic (exact) mass is 254 g/mol. The molecule has 0 aliphatic carbocycles. The summed E-state index contributed by atoms with van der Waals surface area (Å²) in [5, 5.41) is 0. The van der Waals surface area contributed by atoms with Crippen LogP contribution in [0.4, 0.5) is 0 Å². The molecule has 0 nitrogen and oxygen atoms in total. The zero-order valence-corrected chi connectivity index (χ0v) is 6.27. The molecule has 0 aliphatic rings. The van der Waals surface area contributed by atoms with Crippen molar-refractivity contribution in [1.82, 2.24) is 0 Å². The Bertz CT molecular complexity index is 8.00. The van der Waals surface area contributed by atoms with Gasteiger partial charge < -0.3 is 0 Å². The molecule has 4 heavy (non-hydrogen) atoms. The maximum atomic E-state index is 0. The predicted octanol–water partition coefficient (Wildman–Crippen LogP) is -2.92. The third kappa shape index (κ3) is 9.47. The van der Waals surface area contributed by atoms with Crippen molar-refractivity contribution in [3.05, 3.63) is 0 Å². The fourth-order valence-electron chi connectivity index (χ4n) is 0. The molecule has 0 spiro atoms. The van der Waals surface area contributed by atoms with Gasteiger partial charge in [0.2, 0.25) is 0 Å². The van der Waals surface area contributed by atoms with E-state index in [4.69, 9.17) is 0 Å². The molecule has 0 aromatic rings. The van der Waals surface area contributed by atoms with E-state index in [2.05, 4.69) is 0 Å². The first kappa shape index (κ1) is 45.7. The van der Waals surface area contributed by atoms with Crippen LogP contribution in [0, 0.1) is 0 Å². The Morgan fingerprint density at radius 3 is 1.00 bits per heavy atom. The Kier molecular flexibility index (Phi) is 263. The summed E-state index contributed by atoms with van der Waals surface area (Å²) in [4.78, 5) is 0. The van der Waals surface area contributed by atoms with E-state index in [9.17, 15) is 0 Å². The van der Waals surface area contributed by atoms with Gasteiger partial charge in [0.1, 0.15) is 0 Å². The van der Waals surface area contributed by atoms with Gasteiger partial charge in [-0.15, -0.1) is 0 Å². The Hall–Kier alpha value is 1.62. The Labute approximate surface area is 59.9 Å². The molecular formula is CH13AsGeSe. The zero-order valence-electron chi connectivity index (χ0n) is 1.21. The summed E-state index contributed by atoms with van der Waals surface area (Å²) in [5.41, 5.74) is 0. The van der Waals surface area contributed by atoms with Crippen molar-refractivity contribution in [2.45, 2.75) is 7.43 Å². The van der Waals surface area contributed by atoms with E-state index in [1.807, 2.05) is 0 Å². The first-order valence-electron chi connectivity index (χ1n) is 0. The van der Waals surface area contributed by atoms with E-state index in [-0.39, 0.29) is 60.0 Å². The van der Waals surface area contributed by atoms with Crippen molar-refractivity contribution in [1.29, 1.82) is 0 Å². The molecule has 1 unspecified atom stereocenters. The van der Waals surface area contributed by atoms with Crippen LogP contribution in [0.3, 0.4) is 0 Å². The molecule has 32 valence electrons. The van der Waals surface area contributed by atoms with Gasteiger partial charge in [-0.05, 0) is 0 Å². The molecule has 0 aromatic heterocycles. The average molecular weight is 252 g/mol. The molecule has 3 heteroatoms. The Morgan fingerprint density at radius 1 is 1.00 bits per heavy atom. The summed E-state index contributed by atoms with van der Waals surface area (Å²) in [6.07, 6.45) is 0. The summed E-state index contributed by atoms with van der Waals surface area (Å²) in [6.45, 7) is 0. The average Bonchev–Trinajstić information content (AvgIpc) is 0. The van der Waals surface area contributed by atoms with Gasteiger partial charge in [0.25, 0.3) is 0 Å². The standard InChI is InChI=1S/CH4.AsH3.GeH4.H2Se/h1H4;1H3;1H4;1H2. The van der Waals surface area contributed by atoms with Crippen LogP contribution in [0.2, 0.25) is 0 Å². The summed E-state index contributed by atoms with van der Waals surface area (Å²) in [7, 11) is 0. The van der Waals surface area contributed by atoms with Crippen LogP contribution in [0.15, 0.2) is 0 Å². The van der Waals surface area contributed by atoms with Gasteiger partial charge in [0.15, 0.2) is 0 Å². The van der Waals surface area contributed by atoms with Crippen LogP contribution in [0.5, 0.6) is 0 Å². The molecule has 0 amide bonds. The van der Waals surface area contributed by atoms with Crippen molar-refractivity contribution >= 4 is 52.6 Å². The molecule has 0 heterocycles. The topological polar surface area (TPSA) is 0 Å². The minimum atomic E-state index is 0. The van der Waals surface area contributed by atoms with Crippen LogP contribution in [-0.4, -0.2) is 52.6 Å². The van der Waals surface area contributed by atoms with Gasteiger partial charge in [0.05, 0.1) is 0 Å². The first-order valence-corrected chi connectivity index (χ1v) is 0. The predicted molar refractivity (Wildman–Crippen MR) is 36.5 cm³/mol. The second-order valence-corrected chi connectivity index (χ2v) is 0. The molecular weight excluding hydrogens is 239 g/mol. The first-order chi connectivity index (χ1) is 0. The normalized spacial score (nSPS) is 0. The van der Waals surface area contributed by atoms with Crippen molar-refractivity contribution in [2.24, 2.45) is 0 Å². The van der Waals surface area contributed by atoms with Gasteiger partial charge in [-0.25, -0.2) is 0 Å². The maximum absolute atomic E-state index is 0. The summed E-state index contributed by atoms with van der Waals surface area (Å²) < 4.78 is 0. The third-order valence-corrected chi connectivity index (χ3v) is 0. The molecule has 0 saturated carbocycles. The van der Waals surface area contributed by atoms with E-state index >= 15 is 0 Å². The molecule has 0 fully saturated rings. The molecule has 0 bridgehead atoms. The Balaban J connectivity index is 0. The summed E-state index contributed by atoms with van der Waals surface area (Å²) in [5.74, 6) is 0. The van der Waals surface area contributed by atoms with E-state index in [0.717, 1.165) is 0 Å². The van der Waals surface area contributed by atoms with Crippen molar-refractivity contribution < 1.29 is 0 Å². The SMILES string of the molecule is C.[AsH3].[GeH4].[SeH2]. The second-order valence-electron chi connectivity index (χ2n) is 0. The molecule has 0 N–H and O–H groups in total. The fraction of sp³-hybridized carbons (Fsp3) is 1.00. The van der Waals surface area contributed by atoms with Gasteiger partial charge in [-0.2, -0.15) is 0 Å². The van der Waals surface area contributed by atoms with E-state index in [0.29, 0.717) is 0 Å². The molecule has 0 rings (SSSR count). The summed E-state index contributed by atoms with van der Waals surface area (Å²) in [6, 6.07) is 0. The zero-order chi connectivity index (χ0) is 0. The molecule has 0 aromatic carbocycles. The van der Waals surface area contributed by atoms with E-state index in [1.54, 1.807) is 0 Å². The third-order valence-electron chi connectivity index (χ3n) is 0. The molecule has 1 atom stereocenters. The minimum absolute atomic E-state index is 0. The van der Waals surface area contributed by atoms with Crippen LogP contribution in [0.1, 0.15) is 7.43 Å². The van der Waals surface area contributed by atoms with Gasteiger partial charge in [-0.1, -0.05) is 7.43 Å². The molecule has 0 saturated heterocycles. The van der Waals surface area contributed by atoms with Gasteiger partial charge in [0, 0.05) is 0 Å². The van der Waals surface area contributed by atoms with Crippen molar-refractivity contribution in [3.8, 4) is 0 Å². The van der Waals surface area contributed by atoms with Gasteiger partial charge >= 0.3 is 52.6 Å². The number of hydrogen-bond donors (Lipinski definition) is 0. The summed E-state index contributed by atoms with van der Waals surface area (Å²) >= 11 is 0. The van der Waals surface area contributed by atoms with Crippen molar-refractivity contribution in [2.75, 3.05) is 0 Å². The van der Waals surface area contributed by atoms with E-state index < -0.39 is 0 Å². The van der Waals surface area contributed by atoms with Gasteiger partial charge in [-0.3, -0.25) is 0 Å². The second kappa shape index (κ2) is 23.1. The molecule has 0 radical (unpaired) electrons. The fourth-order valence-corrected chi connectivity index (χ4v) is 0. The van der Waals surface area contributed by atoms with Crippen LogP contribution >= 0.6 is 0 Å². The van der Waals surface area contributed by atoms with Crippen LogP contribution in [0.25, 0.3) is 0 Å². The number of hydrogen-bond acceptors (Lipinski definition) is 0. The van der Waals surface area contributed by atoms with Crippen LogP contribution < -0.4 is 0 Å². The van der Waals surface area contributed by atoms with Crippen LogP contribution in [-0.2, 0) is 0 Å². The quantitative estimate of drug-likeness (QED) is 0.405. The Morgan fingerprint density at radius 2 is 1.00 bits per heavy atom. The van der Waals surface area contributed by atoms with E-state index in [1.165, 1.54) is 0 Å².